The fourth-order valence-corrected chi connectivity index (χ4v) is 4.88. The van der Waals surface area contributed by atoms with E-state index in [9.17, 15) is 12.8 Å². The third-order valence-corrected chi connectivity index (χ3v) is 6.96. The summed E-state index contributed by atoms with van der Waals surface area (Å²) >= 11 is 0. The number of nitrogens with one attached hydrogen (secondary N) is 1. The Morgan fingerprint density at radius 1 is 0.590 bits per heavy atom. The number of anilines is 1. The lowest BCUT2D eigenvalue weighted by atomic mass is 10.1. The quantitative estimate of drug-likeness (QED) is 0.309. The summed E-state index contributed by atoms with van der Waals surface area (Å²) < 4.78 is 81.0. The molecule has 0 aromatic heterocycles. The van der Waals surface area contributed by atoms with Gasteiger partial charge in [-0.15, -0.1) is 0 Å². The summed E-state index contributed by atoms with van der Waals surface area (Å²) in [5.41, 5.74) is 0.903. The Morgan fingerprint density at radius 2 is 1.00 bits per heavy atom. The number of benzene rings is 3. The highest BCUT2D eigenvalue weighted by molar-refractivity contribution is 7.92. The normalized spacial score (nSPS) is 11.2. The maximum absolute atomic E-state index is 15.0. The Kier molecular flexibility index (Phi) is 9.36. The van der Waals surface area contributed by atoms with Crippen LogP contribution < -0.4 is 37.9 Å². The number of methoxy groups -OCH3 is 7. The molecule has 0 saturated carbocycles. The topological polar surface area (TPSA) is 111 Å². The summed E-state index contributed by atoms with van der Waals surface area (Å²) in [4.78, 5) is -0.196. The number of hydrogen-bond acceptors (Lipinski definition) is 9. The van der Waals surface area contributed by atoms with Crippen molar-refractivity contribution in [3.05, 3.63) is 53.3 Å². The van der Waals surface area contributed by atoms with Crippen molar-refractivity contribution in [3.8, 4) is 40.2 Å². The second kappa shape index (κ2) is 12.5. The van der Waals surface area contributed by atoms with Gasteiger partial charge in [-0.2, -0.15) is 0 Å². The van der Waals surface area contributed by atoms with E-state index < -0.39 is 15.8 Å². The Bertz CT molecular complexity index is 1420. The first-order valence-electron chi connectivity index (χ1n) is 11.3. The fraction of sp³-hybridized carbons (Fsp3) is 0.259. The molecule has 0 heterocycles. The van der Waals surface area contributed by atoms with Crippen LogP contribution in [0.2, 0.25) is 0 Å². The van der Waals surface area contributed by atoms with E-state index >= 15 is 0 Å². The molecule has 0 fully saturated rings. The van der Waals surface area contributed by atoms with Crippen LogP contribution in [-0.4, -0.2) is 58.2 Å². The van der Waals surface area contributed by atoms with Gasteiger partial charge in [0.25, 0.3) is 10.0 Å². The van der Waals surface area contributed by atoms with Crippen LogP contribution in [-0.2, 0) is 10.0 Å². The Balaban J connectivity index is 2.04. The van der Waals surface area contributed by atoms with Crippen molar-refractivity contribution in [3.63, 3.8) is 0 Å². The summed E-state index contributed by atoms with van der Waals surface area (Å²) in [6, 6.07) is 8.61. The molecule has 210 valence electrons. The first kappa shape index (κ1) is 29.2. The van der Waals surface area contributed by atoms with E-state index in [0.717, 1.165) is 0 Å². The predicted octanol–water partition coefficient (Wildman–Crippen LogP) is 4.86. The minimum Gasteiger partial charge on any atom is -0.493 e. The number of rotatable bonds is 12. The molecule has 0 aliphatic heterocycles. The van der Waals surface area contributed by atoms with Gasteiger partial charge < -0.3 is 33.2 Å². The van der Waals surface area contributed by atoms with Gasteiger partial charge in [-0.1, -0.05) is 12.2 Å². The maximum Gasteiger partial charge on any atom is 0.262 e. The fourth-order valence-electron chi connectivity index (χ4n) is 3.80. The van der Waals surface area contributed by atoms with E-state index in [1.807, 2.05) is 0 Å². The smallest absolute Gasteiger partial charge is 0.262 e. The predicted molar refractivity (Wildman–Crippen MR) is 145 cm³/mol. The van der Waals surface area contributed by atoms with Gasteiger partial charge in [-0.05, 0) is 35.4 Å². The Morgan fingerprint density at radius 3 is 1.41 bits per heavy atom. The molecule has 10 nitrogen and oxygen atoms in total. The minimum atomic E-state index is -4.25. The monoisotopic (exact) mass is 563 g/mol. The average Bonchev–Trinajstić information content (AvgIpc) is 2.94. The van der Waals surface area contributed by atoms with E-state index in [0.29, 0.717) is 28.4 Å². The molecule has 0 spiro atoms. The first-order valence-corrected chi connectivity index (χ1v) is 12.8. The molecule has 0 saturated heterocycles. The lowest BCUT2D eigenvalue weighted by Gasteiger charge is -2.16. The minimum absolute atomic E-state index is 0.115. The second-order valence-corrected chi connectivity index (χ2v) is 9.52. The molecule has 12 heteroatoms. The van der Waals surface area contributed by atoms with E-state index in [1.165, 1.54) is 74.0 Å². The largest absolute Gasteiger partial charge is 0.493 e. The van der Waals surface area contributed by atoms with Crippen LogP contribution in [0.4, 0.5) is 10.1 Å². The van der Waals surface area contributed by atoms with Crippen molar-refractivity contribution in [1.82, 2.24) is 0 Å². The lowest BCUT2D eigenvalue weighted by Crippen LogP contribution is -2.15. The highest BCUT2D eigenvalue weighted by Gasteiger charge is 2.24. The third kappa shape index (κ3) is 6.23. The molecule has 0 unspecified atom stereocenters. The summed E-state index contributed by atoms with van der Waals surface area (Å²) in [6.07, 6.45) is 3.28. The molecule has 3 aromatic carbocycles. The lowest BCUT2D eigenvalue weighted by molar-refractivity contribution is 0.323. The first-order chi connectivity index (χ1) is 18.7. The average molecular weight is 564 g/mol. The molecule has 39 heavy (non-hydrogen) atoms. The van der Waals surface area contributed by atoms with Crippen LogP contribution in [0.15, 0.2) is 41.3 Å². The number of halogens is 1. The van der Waals surface area contributed by atoms with E-state index in [1.54, 1.807) is 24.3 Å². The van der Waals surface area contributed by atoms with E-state index in [-0.39, 0.29) is 33.6 Å². The van der Waals surface area contributed by atoms with Crippen LogP contribution >= 0.6 is 0 Å². The van der Waals surface area contributed by atoms with Gasteiger partial charge in [-0.3, -0.25) is 4.72 Å². The molecule has 3 rings (SSSR count). The third-order valence-electron chi connectivity index (χ3n) is 5.62. The van der Waals surface area contributed by atoms with Crippen LogP contribution in [0.5, 0.6) is 40.2 Å². The molecule has 0 radical (unpaired) electrons. The van der Waals surface area contributed by atoms with Crippen molar-refractivity contribution < 1.29 is 46.0 Å². The summed E-state index contributed by atoms with van der Waals surface area (Å²) in [5.74, 6) is 0.753. The molecule has 0 amide bonds. The zero-order valence-corrected chi connectivity index (χ0v) is 23.4. The summed E-state index contributed by atoms with van der Waals surface area (Å²) in [7, 11) is 5.61. The summed E-state index contributed by atoms with van der Waals surface area (Å²) in [6.45, 7) is 0. The maximum atomic E-state index is 15.0. The zero-order chi connectivity index (χ0) is 28.7. The van der Waals surface area contributed by atoms with Gasteiger partial charge >= 0.3 is 0 Å². The number of sulfonamides is 1. The highest BCUT2D eigenvalue weighted by atomic mass is 32.2. The van der Waals surface area contributed by atoms with Crippen LogP contribution in [0.25, 0.3) is 12.2 Å². The van der Waals surface area contributed by atoms with Crippen LogP contribution in [0, 0.1) is 5.82 Å². The van der Waals surface area contributed by atoms with Crippen LogP contribution in [0.3, 0.4) is 0 Å². The molecule has 0 aliphatic carbocycles. The molecular formula is C27H30FNO9S. The van der Waals surface area contributed by atoms with Gasteiger partial charge in [-0.25, -0.2) is 12.8 Å². The molecule has 3 aromatic rings. The van der Waals surface area contributed by atoms with Gasteiger partial charge in [0.2, 0.25) is 11.5 Å². The van der Waals surface area contributed by atoms with Gasteiger partial charge in [0, 0.05) is 12.1 Å². The molecule has 0 aliphatic rings. The van der Waals surface area contributed by atoms with E-state index in [4.69, 9.17) is 33.2 Å². The second-order valence-electron chi connectivity index (χ2n) is 7.84. The van der Waals surface area contributed by atoms with Crippen LogP contribution in [0.1, 0.15) is 11.1 Å². The van der Waals surface area contributed by atoms with E-state index in [2.05, 4.69) is 4.72 Å². The SMILES string of the molecule is COc1cc(/C=C\c2cc(F)c(OC)c(NS(=O)(=O)c3cc(OC)c(OC)c(OC)c3)c2)cc(OC)c1OC. The zero-order valence-electron chi connectivity index (χ0n) is 22.6. The number of hydrogen-bond donors (Lipinski definition) is 1. The van der Waals surface area contributed by atoms with Crippen molar-refractivity contribution in [2.24, 2.45) is 0 Å². The van der Waals surface area contributed by atoms with Gasteiger partial charge in [0.15, 0.2) is 34.6 Å². The molecule has 0 atom stereocenters. The van der Waals surface area contributed by atoms with Crippen molar-refractivity contribution in [1.29, 1.82) is 0 Å². The highest BCUT2D eigenvalue weighted by Crippen LogP contribution is 2.41. The number of ether oxygens (including phenoxy) is 7. The molecule has 1 N–H and O–H groups in total. The van der Waals surface area contributed by atoms with Gasteiger partial charge in [0.1, 0.15) is 0 Å². The van der Waals surface area contributed by atoms with Gasteiger partial charge in [0.05, 0.1) is 60.4 Å². The Hall–Kier alpha value is -4.32. The molecule has 0 bridgehead atoms. The van der Waals surface area contributed by atoms with Crippen molar-refractivity contribution in [2.45, 2.75) is 4.90 Å². The summed E-state index contributed by atoms with van der Waals surface area (Å²) in [5, 5.41) is 0. The Labute approximate surface area is 226 Å². The molecular weight excluding hydrogens is 533 g/mol. The standard InChI is InChI=1S/C27H30FNO9S/c1-32-21-12-17(13-22(33-2)26(21)37-6)9-8-16-10-19(28)25(36-5)20(11-16)29-39(30,31)18-14-23(34-3)27(38-7)24(15-18)35-4/h8-15,29H,1-7H3/b9-8-. The van der Waals surface area contributed by atoms with Crippen molar-refractivity contribution in [2.75, 3.05) is 54.5 Å². The van der Waals surface area contributed by atoms with Crippen molar-refractivity contribution >= 4 is 27.9 Å².